The molecule has 3 heteroatoms. The van der Waals surface area contributed by atoms with E-state index in [-0.39, 0.29) is 0 Å². The van der Waals surface area contributed by atoms with E-state index >= 15 is 0 Å². The van der Waals surface area contributed by atoms with Crippen LogP contribution in [-0.2, 0) is 0 Å². The lowest BCUT2D eigenvalue weighted by Crippen LogP contribution is -2.20. The fourth-order valence-corrected chi connectivity index (χ4v) is 1.42. The molecule has 0 aliphatic heterocycles. The van der Waals surface area contributed by atoms with E-state index in [0.29, 0.717) is 11.6 Å². The van der Waals surface area contributed by atoms with Crippen molar-refractivity contribution in [2.24, 2.45) is 0 Å². The van der Waals surface area contributed by atoms with Crippen molar-refractivity contribution in [3.8, 4) is 6.07 Å². The lowest BCUT2D eigenvalue weighted by atomic mass is 10.2. The van der Waals surface area contributed by atoms with Crippen LogP contribution >= 0.6 is 0 Å². The molecule has 0 radical (unpaired) electrons. The molecule has 13 heavy (non-hydrogen) atoms. The summed E-state index contributed by atoms with van der Waals surface area (Å²) in [7, 11) is 2.02. The van der Waals surface area contributed by atoms with Gasteiger partial charge in [0.05, 0.1) is 17.4 Å². The first-order chi connectivity index (χ1) is 6.33. The summed E-state index contributed by atoms with van der Waals surface area (Å²) in [4.78, 5) is 6.18. The van der Waals surface area contributed by atoms with Crippen LogP contribution in [0.3, 0.4) is 0 Å². The molecule has 1 aliphatic rings. The number of rotatable bonds is 2. The molecule has 0 saturated heterocycles. The van der Waals surface area contributed by atoms with Gasteiger partial charge in [0.1, 0.15) is 6.07 Å². The highest BCUT2D eigenvalue weighted by Gasteiger charge is 2.27. The van der Waals surface area contributed by atoms with E-state index in [9.17, 15) is 0 Å². The van der Waals surface area contributed by atoms with Gasteiger partial charge in [0, 0.05) is 19.3 Å². The molecular formula is C10H11N3. The molecule has 0 N–H and O–H groups in total. The lowest BCUT2D eigenvalue weighted by molar-refractivity contribution is 0.909. The van der Waals surface area contributed by atoms with Crippen molar-refractivity contribution >= 4 is 5.69 Å². The summed E-state index contributed by atoms with van der Waals surface area (Å²) in [5.41, 5.74) is 1.66. The zero-order valence-electron chi connectivity index (χ0n) is 7.57. The number of hydrogen-bond acceptors (Lipinski definition) is 3. The molecule has 1 heterocycles. The van der Waals surface area contributed by atoms with Crippen molar-refractivity contribution in [1.82, 2.24) is 4.98 Å². The van der Waals surface area contributed by atoms with Crippen LogP contribution in [-0.4, -0.2) is 18.1 Å². The van der Waals surface area contributed by atoms with Gasteiger partial charge < -0.3 is 4.90 Å². The minimum atomic E-state index is 0.622. The Morgan fingerprint density at radius 2 is 2.38 bits per heavy atom. The molecule has 1 saturated carbocycles. The van der Waals surface area contributed by atoms with Crippen LogP contribution < -0.4 is 4.90 Å². The van der Waals surface area contributed by atoms with Crippen LogP contribution in [0.2, 0.25) is 0 Å². The first kappa shape index (κ1) is 8.06. The first-order valence-corrected chi connectivity index (χ1v) is 4.40. The van der Waals surface area contributed by atoms with E-state index in [2.05, 4.69) is 16.0 Å². The Hall–Kier alpha value is -1.56. The van der Waals surface area contributed by atoms with Crippen LogP contribution in [0, 0.1) is 11.3 Å². The number of aromatic nitrogens is 1. The van der Waals surface area contributed by atoms with Crippen molar-refractivity contribution in [3.63, 3.8) is 0 Å². The molecule has 1 fully saturated rings. The molecule has 0 atom stereocenters. The maximum atomic E-state index is 8.87. The van der Waals surface area contributed by atoms with Crippen molar-refractivity contribution in [3.05, 3.63) is 24.0 Å². The molecule has 1 aliphatic carbocycles. The number of nitriles is 1. The van der Waals surface area contributed by atoms with Gasteiger partial charge in [-0.05, 0) is 18.9 Å². The number of pyridine rings is 1. The van der Waals surface area contributed by atoms with Gasteiger partial charge in [-0.1, -0.05) is 0 Å². The molecule has 0 amide bonds. The van der Waals surface area contributed by atoms with Gasteiger partial charge in [-0.3, -0.25) is 4.98 Å². The van der Waals surface area contributed by atoms with E-state index in [1.165, 1.54) is 12.8 Å². The molecule has 3 nitrogen and oxygen atoms in total. The second-order valence-electron chi connectivity index (χ2n) is 3.35. The number of anilines is 1. The Morgan fingerprint density at radius 1 is 1.62 bits per heavy atom. The zero-order valence-corrected chi connectivity index (χ0v) is 7.57. The van der Waals surface area contributed by atoms with Crippen LogP contribution in [0.4, 0.5) is 5.69 Å². The fourth-order valence-electron chi connectivity index (χ4n) is 1.42. The van der Waals surface area contributed by atoms with E-state index in [1.807, 2.05) is 7.05 Å². The van der Waals surface area contributed by atoms with Crippen LogP contribution in [0.15, 0.2) is 18.5 Å². The minimum absolute atomic E-state index is 0.622. The highest BCUT2D eigenvalue weighted by Crippen LogP contribution is 2.31. The molecule has 0 bridgehead atoms. The molecule has 0 spiro atoms. The van der Waals surface area contributed by atoms with Gasteiger partial charge in [-0.25, -0.2) is 0 Å². The van der Waals surface area contributed by atoms with E-state index in [4.69, 9.17) is 5.26 Å². The normalized spacial score (nSPS) is 15.1. The highest BCUT2D eigenvalue weighted by molar-refractivity contribution is 5.58. The predicted molar refractivity (Wildman–Crippen MR) is 50.4 cm³/mol. The van der Waals surface area contributed by atoms with Gasteiger partial charge in [0.2, 0.25) is 0 Å². The van der Waals surface area contributed by atoms with E-state index in [1.54, 1.807) is 18.5 Å². The van der Waals surface area contributed by atoms with E-state index in [0.717, 1.165) is 5.69 Å². The summed E-state index contributed by atoms with van der Waals surface area (Å²) in [6, 6.07) is 4.56. The maximum Gasteiger partial charge on any atom is 0.101 e. The van der Waals surface area contributed by atoms with Crippen LogP contribution in [0.25, 0.3) is 0 Å². The standard InChI is InChI=1S/C10H11N3/c1-13(9-2-3-9)10-7-12-5-4-8(10)6-11/h4-5,7,9H,2-3H2,1H3. The summed E-state index contributed by atoms with van der Waals surface area (Å²) in [5, 5.41) is 8.87. The highest BCUT2D eigenvalue weighted by atomic mass is 15.2. The Bertz CT molecular complexity index is 349. The Kier molecular flexibility index (Phi) is 1.90. The quantitative estimate of drug-likeness (QED) is 0.681. The third-order valence-electron chi connectivity index (χ3n) is 2.40. The Labute approximate surface area is 77.6 Å². The maximum absolute atomic E-state index is 8.87. The van der Waals surface area contributed by atoms with Gasteiger partial charge in [-0.15, -0.1) is 0 Å². The predicted octanol–water partition coefficient (Wildman–Crippen LogP) is 1.55. The topological polar surface area (TPSA) is 39.9 Å². The third-order valence-corrected chi connectivity index (χ3v) is 2.40. The lowest BCUT2D eigenvalue weighted by Gasteiger charge is -2.18. The summed E-state index contributed by atoms with van der Waals surface area (Å²) in [5.74, 6) is 0. The molecular weight excluding hydrogens is 162 g/mol. The fraction of sp³-hybridized carbons (Fsp3) is 0.400. The van der Waals surface area contributed by atoms with Crippen LogP contribution in [0.1, 0.15) is 18.4 Å². The molecule has 1 aromatic rings. The van der Waals surface area contributed by atoms with Gasteiger partial charge in [-0.2, -0.15) is 5.26 Å². The summed E-state index contributed by atoms with van der Waals surface area (Å²) in [6.45, 7) is 0. The Morgan fingerprint density at radius 3 is 3.00 bits per heavy atom. The van der Waals surface area contributed by atoms with Gasteiger partial charge in [0.15, 0.2) is 0 Å². The molecule has 0 aromatic carbocycles. The monoisotopic (exact) mass is 173 g/mol. The van der Waals surface area contributed by atoms with Crippen LogP contribution in [0.5, 0.6) is 0 Å². The van der Waals surface area contributed by atoms with E-state index < -0.39 is 0 Å². The van der Waals surface area contributed by atoms with Crippen molar-refractivity contribution in [1.29, 1.82) is 5.26 Å². The molecule has 2 rings (SSSR count). The average molecular weight is 173 g/mol. The first-order valence-electron chi connectivity index (χ1n) is 4.40. The average Bonchev–Trinajstić information content (AvgIpc) is 3.00. The minimum Gasteiger partial charge on any atom is -0.369 e. The second kappa shape index (κ2) is 3.06. The summed E-state index contributed by atoms with van der Waals surface area (Å²) in [6.07, 6.45) is 5.88. The SMILES string of the molecule is CN(c1cnccc1C#N)C1CC1. The number of nitrogens with zero attached hydrogens (tertiary/aromatic N) is 3. The zero-order chi connectivity index (χ0) is 9.26. The third kappa shape index (κ3) is 1.48. The van der Waals surface area contributed by atoms with Gasteiger partial charge >= 0.3 is 0 Å². The van der Waals surface area contributed by atoms with Crippen molar-refractivity contribution in [2.75, 3.05) is 11.9 Å². The molecule has 1 aromatic heterocycles. The number of hydrogen-bond donors (Lipinski definition) is 0. The largest absolute Gasteiger partial charge is 0.369 e. The second-order valence-corrected chi connectivity index (χ2v) is 3.35. The Balaban J connectivity index is 2.32. The molecule has 0 unspecified atom stereocenters. The summed E-state index contributed by atoms with van der Waals surface area (Å²) >= 11 is 0. The van der Waals surface area contributed by atoms with Crippen molar-refractivity contribution < 1.29 is 0 Å². The smallest absolute Gasteiger partial charge is 0.101 e. The van der Waals surface area contributed by atoms with Crippen molar-refractivity contribution in [2.45, 2.75) is 18.9 Å². The molecule has 66 valence electrons. The van der Waals surface area contributed by atoms with Gasteiger partial charge in [0.25, 0.3) is 0 Å². The summed E-state index contributed by atoms with van der Waals surface area (Å²) < 4.78 is 0.